The van der Waals surface area contributed by atoms with Crippen molar-refractivity contribution in [1.82, 2.24) is 10.6 Å². The van der Waals surface area contributed by atoms with Gasteiger partial charge in [0.2, 0.25) is 0 Å². The predicted octanol–water partition coefficient (Wildman–Crippen LogP) is 3.86. The van der Waals surface area contributed by atoms with E-state index in [-0.39, 0.29) is 47.7 Å². The van der Waals surface area contributed by atoms with Gasteiger partial charge in [-0.2, -0.15) is 0 Å². The molecule has 2 N–H and O–H groups in total. The Kier molecular flexibility index (Phi) is 9.88. The van der Waals surface area contributed by atoms with Crippen LogP contribution in [0.15, 0.2) is 58.4 Å². The lowest BCUT2D eigenvalue weighted by Gasteiger charge is -2.15. The van der Waals surface area contributed by atoms with Crippen LogP contribution in [0.2, 0.25) is 0 Å². The minimum absolute atomic E-state index is 0. The van der Waals surface area contributed by atoms with Crippen molar-refractivity contribution in [2.75, 3.05) is 12.8 Å². The smallest absolute Gasteiger partial charge is 0.405 e. The normalized spacial score (nSPS) is 12.1. The van der Waals surface area contributed by atoms with Gasteiger partial charge in [0.05, 0.1) is 11.4 Å². The second-order valence-corrected chi connectivity index (χ2v) is 8.14. The zero-order valence-corrected chi connectivity index (χ0v) is 19.5. The largest absolute Gasteiger partial charge is 0.573 e. The van der Waals surface area contributed by atoms with E-state index in [0.29, 0.717) is 18.1 Å². The van der Waals surface area contributed by atoms with Crippen LogP contribution in [0.25, 0.3) is 0 Å². The summed E-state index contributed by atoms with van der Waals surface area (Å²) in [4.78, 5) is 4.60. The number of guanidine groups is 1. The molecule has 6 nitrogen and oxygen atoms in total. The van der Waals surface area contributed by atoms with Crippen LogP contribution in [0.1, 0.15) is 18.1 Å². The molecule has 11 heteroatoms. The van der Waals surface area contributed by atoms with E-state index in [1.807, 2.05) is 6.92 Å². The SMILES string of the molecule is CCNC(=NCc1ccc(S(C)(=O)=O)cc1)NCc1ccccc1OC(F)(F)F.I. The summed E-state index contributed by atoms with van der Waals surface area (Å²) in [6, 6.07) is 12.2. The van der Waals surface area contributed by atoms with Gasteiger partial charge in [-0.15, -0.1) is 37.1 Å². The molecule has 0 heterocycles. The molecule has 0 atom stereocenters. The van der Waals surface area contributed by atoms with Gasteiger partial charge in [-0.25, -0.2) is 13.4 Å². The van der Waals surface area contributed by atoms with Crippen LogP contribution in [0, 0.1) is 0 Å². The first-order valence-electron chi connectivity index (χ1n) is 8.73. The summed E-state index contributed by atoms with van der Waals surface area (Å²) in [5.74, 6) is 0.126. The number of para-hydroxylation sites is 1. The number of hydrogen-bond acceptors (Lipinski definition) is 4. The average Bonchev–Trinajstić information content (AvgIpc) is 2.63. The van der Waals surface area contributed by atoms with E-state index >= 15 is 0 Å². The molecule has 2 rings (SSSR count). The van der Waals surface area contributed by atoms with Gasteiger partial charge in [-0.1, -0.05) is 30.3 Å². The zero-order valence-electron chi connectivity index (χ0n) is 16.4. The van der Waals surface area contributed by atoms with Gasteiger partial charge < -0.3 is 15.4 Å². The van der Waals surface area contributed by atoms with E-state index in [2.05, 4.69) is 20.4 Å². The predicted molar refractivity (Wildman–Crippen MR) is 120 cm³/mol. The number of halogens is 4. The first-order chi connectivity index (χ1) is 13.6. The molecule has 0 aliphatic heterocycles. The molecule has 0 unspecified atom stereocenters. The molecule has 30 heavy (non-hydrogen) atoms. The van der Waals surface area contributed by atoms with Crippen molar-refractivity contribution in [2.24, 2.45) is 4.99 Å². The van der Waals surface area contributed by atoms with Gasteiger partial charge >= 0.3 is 6.36 Å². The van der Waals surface area contributed by atoms with Gasteiger partial charge in [0.1, 0.15) is 5.75 Å². The van der Waals surface area contributed by atoms with Gasteiger partial charge in [0.25, 0.3) is 0 Å². The summed E-state index contributed by atoms with van der Waals surface area (Å²) >= 11 is 0. The minimum Gasteiger partial charge on any atom is -0.405 e. The highest BCUT2D eigenvalue weighted by Gasteiger charge is 2.31. The Balaban J connectivity index is 0.00000450. The molecule has 0 aliphatic rings. The third-order valence-electron chi connectivity index (χ3n) is 3.76. The lowest BCUT2D eigenvalue weighted by atomic mass is 10.2. The molecule has 0 saturated heterocycles. The third-order valence-corrected chi connectivity index (χ3v) is 4.89. The lowest BCUT2D eigenvalue weighted by Crippen LogP contribution is -2.37. The highest BCUT2D eigenvalue weighted by Crippen LogP contribution is 2.26. The second-order valence-electron chi connectivity index (χ2n) is 6.12. The topological polar surface area (TPSA) is 79.8 Å². The van der Waals surface area contributed by atoms with Crippen LogP contribution in [0.5, 0.6) is 5.75 Å². The first kappa shape index (κ1) is 26.0. The number of benzene rings is 2. The number of sulfone groups is 1. The van der Waals surface area contributed by atoms with Crippen LogP contribution in [-0.2, 0) is 22.9 Å². The second kappa shape index (κ2) is 11.4. The van der Waals surface area contributed by atoms with Crippen LogP contribution in [0.4, 0.5) is 13.2 Å². The fourth-order valence-corrected chi connectivity index (χ4v) is 3.04. The van der Waals surface area contributed by atoms with Crippen LogP contribution in [-0.4, -0.2) is 33.5 Å². The number of hydrogen-bond donors (Lipinski definition) is 2. The lowest BCUT2D eigenvalue weighted by molar-refractivity contribution is -0.274. The monoisotopic (exact) mass is 557 g/mol. The fourth-order valence-electron chi connectivity index (χ4n) is 2.41. The van der Waals surface area contributed by atoms with Gasteiger partial charge in [-0.3, -0.25) is 0 Å². The van der Waals surface area contributed by atoms with Crippen molar-refractivity contribution in [3.8, 4) is 5.75 Å². The van der Waals surface area contributed by atoms with E-state index in [4.69, 9.17) is 0 Å². The fraction of sp³-hybridized carbons (Fsp3) is 0.316. The standard InChI is InChI=1S/C19H22F3N3O3S.HI/c1-3-23-18(24-12-14-8-10-16(11-9-14)29(2,26)27)25-13-15-6-4-5-7-17(15)28-19(20,21)22;/h4-11H,3,12-13H2,1-2H3,(H2,23,24,25);1H. The summed E-state index contributed by atoms with van der Waals surface area (Å²) < 4.78 is 64.7. The molecule has 0 aromatic heterocycles. The molecular weight excluding hydrogens is 534 g/mol. The van der Waals surface area contributed by atoms with Gasteiger partial charge in [0.15, 0.2) is 15.8 Å². The Morgan fingerprint density at radius 2 is 1.70 bits per heavy atom. The summed E-state index contributed by atoms with van der Waals surface area (Å²) in [5, 5.41) is 5.97. The highest BCUT2D eigenvalue weighted by atomic mass is 127. The zero-order chi connectivity index (χ0) is 21.5. The van der Waals surface area contributed by atoms with Crippen LogP contribution in [0.3, 0.4) is 0 Å². The maximum atomic E-state index is 12.5. The molecule has 2 aromatic rings. The Morgan fingerprint density at radius 3 is 2.27 bits per heavy atom. The first-order valence-corrected chi connectivity index (χ1v) is 10.6. The molecule has 2 aromatic carbocycles. The van der Waals surface area contributed by atoms with E-state index in [0.717, 1.165) is 11.8 Å². The molecule has 0 fully saturated rings. The number of nitrogens with zero attached hydrogens (tertiary/aromatic N) is 1. The molecule has 166 valence electrons. The number of nitrogens with one attached hydrogen (secondary N) is 2. The molecule has 0 radical (unpaired) electrons. The molecule has 0 spiro atoms. The number of aliphatic imine (C=N–C) groups is 1. The molecule has 0 bridgehead atoms. The Bertz CT molecular complexity index is 949. The quantitative estimate of drug-likeness (QED) is 0.307. The highest BCUT2D eigenvalue weighted by molar-refractivity contribution is 14.0. The third kappa shape index (κ3) is 8.78. The van der Waals surface area contributed by atoms with Crippen molar-refractivity contribution in [2.45, 2.75) is 31.3 Å². The molecule has 0 amide bonds. The molecular formula is C19H23F3IN3O3S. The Labute approximate surface area is 190 Å². The Hall–Kier alpha value is -2.02. The van der Waals surface area contributed by atoms with E-state index in [1.165, 1.54) is 30.3 Å². The van der Waals surface area contributed by atoms with Crippen molar-refractivity contribution >= 4 is 39.8 Å². The summed E-state index contributed by atoms with van der Waals surface area (Å²) in [5.41, 5.74) is 1.11. The summed E-state index contributed by atoms with van der Waals surface area (Å²) in [7, 11) is -3.27. The van der Waals surface area contributed by atoms with Crippen molar-refractivity contribution in [3.05, 3.63) is 59.7 Å². The van der Waals surface area contributed by atoms with Crippen molar-refractivity contribution in [3.63, 3.8) is 0 Å². The maximum Gasteiger partial charge on any atom is 0.573 e. The summed E-state index contributed by atoms with van der Waals surface area (Å²) in [6.07, 6.45) is -3.64. The number of rotatable bonds is 7. The molecule has 0 aliphatic carbocycles. The van der Waals surface area contributed by atoms with Crippen molar-refractivity contribution in [1.29, 1.82) is 0 Å². The van der Waals surface area contributed by atoms with Crippen LogP contribution >= 0.6 is 24.0 Å². The maximum absolute atomic E-state index is 12.5. The average molecular weight is 557 g/mol. The van der Waals surface area contributed by atoms with Crippen molar-refractivity contribution < 1.29 is 26.3 Å². The van der Waals surface area contributed by atoms with E-state index in [1.54, 1.807) is 18.2 Å². The van der Waals surface area contributed by atoms with Crippen LogP contribution < -0.4 is 15.4 Å². The van der Waals surface area contributed by atoms with Gasteiger partial charge in [-0.05, 0) is 30.7 Å². The van der Waals surface area contributed by atoms with Gasteiger partial charge in [0, 0.05) is 24.9 Å². The van der Waals surface area contributed by atoms with E-state index in [9.17, 15) is 21.6 Å². The van der Waals surface area contributed by atoms with E-state index < -0.39 is 16.2 Å². The minimum atomic E-state index is -4.77. The number of ether oxygens (including phenoxy) is 1. The number of alkyl halides is 3. The summed E-state index contributed by atoms with van der Waals surface area (Å²) in [6.45, 7) is 2.75. The Morgan fingerprint density at radius 1 is 1.07 bits per heavy atom. The molecule has 0 saturated carbocycles.